The zero-order valence-electron chi connectivity index (χ0n) is 20.1. The molecule has 0 aliphatic carbocycles. The third kappa shape index (κ3) is 6.25. The van der Waals surface area contributed by atoms with Gasteiger partial charge in [0.2, 0.25) is 11.8 Å². The predicted molar refractivity (Wildman–Crippen MR) is 133 cm³/mol. The second kappa shape index (κ2) is 11.3. The summed E-state index contributed by atoms with van der Waals surface area (Å²) in [4.78, 5) is 27.1. The summed E-state index contributed by atoms with van der Waals surface area (Å²) in [5.41, 5.74) is 1.48. The van der Waals surface area contributed by atoms with E-state index >= 15 is 0 Å². The number of benzene rings is 3. The third-order valence-electron chi connectivity index (χ3n) is 5.68. The Hall–Kier alpha value is -3.79. The molecule has 190 valence electrons. The van der Waals surface area contributed by atoms with Gasteiger partial charge in [0.15, 0.2) is 0 Å². The van der Waals surface area contributed by atoms with Gasteiger partial charge < -0.3 is 10.2 Å². The molecule has 3 rings (SSSR count). The Morgan fingerprint density at radius 1 is 0.889 bits per heavy atom. The molecule has 1 atom stereocenters. The Kier molecular flexibility index (Phi) is 8.41. The van der Waals surface area contributed by atoms with Crippen LogP contribution in [0.1, 0.15) is 18.1 Å². The van der Waals surface area contributed by atoms with Crippen LogP contribution in [0, 0.1) is 18.6 Å². The van der Waals surface area contributed by atoms with Crippen LogP contribution in [-0.2, 0) is 26.2 Å². The first-order valence-electron chi connectivity index (χ1n) is 11.1. The summed E-state index contributed by atoms with van der Waals surface area (Å²) in [5.74, 6) is -2.15. The first kappa shape index (κ1) is 26.8. The second-order valence-corrected chi connectivity index (χ2v) is 10.1. The highest BCUT2D eigenvalue weighted by Crippen LogP contribution is 2.25. The lowest BCUT2D eigenvalue weighted by molar-refractivity contribution is -0.139. The molecule has 36 heavy (non-hydrogen) atoms. The molecule has 0 unspecified atom stereocenters. The van der Waals surface area contributed by atoms with Gasteiger partial charge in [-0.25, -0.2) is 17.2 Å². The summed E-state index contributed by atoms with van der Waals surface area (Å²) in [6.07, 6.45) is 0. The fourth-order valence-corrected chi connectivity index (χ4v) is 4.97. The van der Waals surface area contributed by atoms with E-state index in [0.717, 1.165) is 22.0 Å². The van der Waals surface area contributed by atoms with E-state index in [4.69, 9.17) is 0 Å². The summed E-state index contributed by atoms with van der Waals surface area (Å²) < 4.78 is 55.0. The Morgan fingerprint density at radius 2 is 1.42 bits per heavy atom. The standard InChI is InChI=1S/C26H27F2N3O4S/c1-18-4-14-24(15-5-18)36(34,35)31(23-12-10-22(28)11-13-23)17-25(32)30(19(2)26(33)29-3)16-20-6-8-21(27)9-7-20/h4-15,19H,16-17H2,1-3H3,(H,29,33)/t19-/m0/s1. The van der Waals surface area contributed by atoms with Crippen LogP contribution in [0.4, 0.5) is 14.5 Å². The third-order valence-corrected chi connectivity index (χ3v) is 7.47. The predicted octanol–water partition coefficient (Wildman–Crippen LogP) is 3.63. The number of hydrogen-bond donors (Lipinski definition) is 1. The molecule has 0 radical (unpaired) electrons. The summed E-state index contributed by atoms with van der Waals surface area (Å²) in [7, 11) is -2.81. The number of sulfonamides is 1. The number of amides is 2. The van der Waals surface area contributed by atoms with Crippen molar-refractivity contribution in [2.45, 2.75) is 31.3 Å². The molecule has 0 heterocycles. The van der Waals surface area contributed by atoms with E-state index in [0.29, 0.717) is 5.56 Å². The van der Waals surface area contributed by atoms with Crippen molar-refractivity contribution in [1.29, 1.82) is 0 Å². The van der Waals surface area contributed by atoms with Crippen molar-refractivity contribution in [3.8, 4) is 0 Å². The van der Waals surface area contributed by atoms with Crippen LogP contribution in [0.5, 0.6) is 0 Å². The molecule has 0 aliphatic rings. The van der Waals surface area contributed by atoms with Crippen LogP contribution >= 0.6 is 0 Å². The van der Waals surface area contributed by atoms with E-state index in [9.17, 15) is 26.8 Å². The highest BCUT2D eigenvalue weighted by Gasteiger charge is 2.32. The molecule has 10 heteroatoms. The summed E-state index contributed by atoms with van der Waals surface area (Å²) in [6, 6.07) is 15.3. The molecule has 2 amide bonds. The van der Waals surface area contributed by atoms with Gasteiger partial charge in [0.05, 0.1) is 10.6 Å². The number of anilines is 1. The number of hydrogen-bond acceptors (Lipinski definition) is 4. The topological polar surface area (TPSA) is 86.8 Å². The van der Waals surface area contributed by atoms with Crippen LogP contribution in [0.25, 0.3) is 0 Å². The molecule has 0 fully saturated rings. The van der Waals surface area contributed by atoms with Crippen molar-refractivity contribution >= 4 is 27.5 Å². The van der Waals surface area contributed by atoms with E-state index in [-0.39, 0.29) is 17.1 Å². The number of likely N-dealkylation sites (N-methyl/N-ethyl adjacent to an activating group) is 1. The summed E-state index contributed by atoms with van der Waals surface area (Å²) >= 11 is 0. The Bertz CT molecular complexity index is 1310. The Labute approximate surface area is 209 Å². The van der Waals surface area contributed by atoms with Gasteiger partial charge in [-0.1, -0.05) is 29.8 Å². The SMILES string of the molecule is CNC(=O)[C@H](C)N(Cc1ccc(F)cc1)C(=O)CN(c1ccc(F)cc1)S(=O)(=O)c1ccc(C)cc1. The van der Waals surface area contributed by atoms with Gasteiger partial charge >= 0.3 is 0 Å². The maximum atomic E-state index is 13.6. The molecule has 0 saturated carbocycles. The van der Waals surface area contributed by atoms with Gasteiger partial charge in [-0.2, -0.15) is 0 Å². The minimum Gasteiger partial charge on any atom is -0.357 e. The number of carbonyl (C=O) groups is 2. The fraction of sp³-hybridized carbons (Fsp3) is 0.231. The molecule has 7 nitrogen and oxygen atoms in total. The number of nitrogens with zero attached hydrogens (tertiary/aromatic N) is 2. The molecule has 3 aromatic carbocycles. The minimum atomic E-state index is -4.23. The molecule has 0 spiro atoms. The van der Waals surface area contributed by atoms with Crippen molar-refractivity contribution in [3.05, 3.63) is 95.6 Å². The number of aryl methyl sites for hydroxylation is 1. The van der Waals surface area contributed by atoms with Gasteiger partial charge in [0, 0.05) is 13.6 Å². The first-order chi connectivity index (χ1) is 17.0. The number of carbonyl (C=O) groups excluding carboxylic acids is 2. The van der Waals surface area contributed by atoms with Crippen molar-refractivity contribution in [2.75, 3.05) is 17.9 Å². The Morgan fingerprint density at radius 3 is 1.94 bits per heavy atom. The summed E-state index contributed by atoms with van der Waals surface area (Å²) in [6.45, 7) is 2.61. The normalized spacial score (nSPS) is 12.0. The molecule has 0 aromatic heterocycles. The molecule has 1 N–H and O–H groups in total. The van der Waals surface area contributed by atoms with Crippen molar-refractivity contribution in [2.24, 2.45) is 0 Å². The van der Waals surface area contributed by atoms with Gasteiger partial charge in [-0.3, -0.25) is 13.9 Å². The highest BCUT2D eigenvalue weighted by molar-refractivity contribution is 7.92. The van der Waals surface area contributed by atoms with Crippen LogP contribution in [0.3, 0.4) is 0 Å². The average molecular weight is 516 g/mol. The minimum absolute atomic E-state index is 0.0466. The second-order valence-electron chi connectivity index (χ2n) is 8.24. The number of rotatable bonds is 9. The van der Waals surface area contributed by atoms with E-state index in [1.165, 1.54) is 67.4 Å². The number of halogens is 2. The van der Waals surface area contributed by atoms with Crippen LogP contribution in [0.2, 0.25) is 0 Å². The quantitative estimate of drug-likeness (QED) is 0.472. The molecular formula is C26H27F2N3O4S. The van der Waals surface area contributed by atoms with E-state index in [1.54, 1.807) is 12.1 Å². The van der Waals surface area contributed by atoms with Crippen molar-refractivity contribution < 1.29 is 26.8 Å². The van der Waals surface area contributed by atoms with Crippen LogP contribution in [0.15, 0.2) is 77.7 Å². The van der Waals surface area contributed by atoms with Gasteiger partial charge in [-0.05, 0) is 67.9 Å². The first-order valence-corrected chi connectivity index (χ1v) is 12.6. The molecule has 0 aliphatic heterocycles. The van der Waals surface area contributed by atoms with Crippen molar-refractivity contribution in [3.63, 3.8) is 0 Å². The maximum Gasteiger partial charge on any atom is 0.264 e. The van der Waals surface area contributed by atoms with Crippen LogP contribution < -0.4 is 9.62 Å². The highest BCUT2D eigenvalue weighted by atomic mass is 32.2. The lowest BCUT2D eigenvalue weighted by atomic mass is 10.1. The Balaban J connectivity index is 2.01. The van der Waals surface area contributed by atoms with E-state index in [2.05, 4.69) is 5.32 Å². The number of nitrogens with one attached hydrogen (secondary N) is 1. The molecule has 0 saturated heterocycles. The van der Waals surface area contributed by atoms with Gasteiger partial charge in [0.1, 0.15) is 24.2 Å². The molecular weight excluding hydrogens is 488 g/mol. The van der Waals surface area contributed by atoms with E-state index in [1.807, 2.05) is 6.92 Å². The zero-order chi connectivity index (χ0) is 26.5. The smallest absolute Gasteiger partial charge is 0.264 e. The summed E-state index contributed by atoms with van der Waals surface area (Å²) in [5, 5.41) is 2.48. The zero-order valence-corrected chi connectivity index (χ0v) is 20.9. The van der Waals surface area contributed by atoms with Crippen LogP contribution in [-0.4, -0.2) is 44.8 Å². The van der Waals surface area contributed by atoms with Crippen molar-refractivity contribution in [1.82, 2.24) is 10.2 Å². The maximum absolute atomic E-state index is 13.6. The average Bonchev–Trinajstić information content (AvgIpc) is 2.86. The lowest BCUT2D eigenvalue weighted by Gasteiger charge is -2.31. The fourth-order valence-electron chi connectivity index (χ4n) is 3.55. The van der Waals surface area contributed by atoms with Gasteiger partial charge in [-0.15, -0.1) is 0 Å². The molecule has 3 aromatic rings. The monoisotopic (exact) mass is 515 g/mol. The van der Waals surface area contributed by atoms with E-state index < -0.39 is 46.1 Å². The lowest BCUT2D eigenvalue weighted by Crippen LogP contribution is -2.50. The largest absolute Gasteiger partial charge is 0.357 e. The van der Waals surface area contributed by atoms with Gasteiger partial charge in [0.25, 0.3) is 10.0 Å². The molecule has 0 bridgehead atoms.